The van der Waals surface area contributed by atoms with Crippen LogP contribution in [0.25, 0.3) is 5.65 Å². The summed E-state index contributed by atoms with van der Waals surface area (Å²) in [5, 5.41) is 3.55. The number of rotatable bonds is 5. The zero-order chi connectivity index (χ0) is 13.9. The number of aromatic nitrogens is 3. The third-order valence-corrected chi connectivity index (χ3v) is 4.03. The smallest absolute Gasteiger partial charge is 0.155 e. The Morgan fingerprint density at radius 2 is 2.35 bits per heavy atom. The first kappa shape index (κ1) is 13.5. The molecule has 1 aliphatic rings. The predicted octanol–water partition coefficient (Wildman–Crippen LogP) is 1.88. The van der Waals surface area contributed by atoms with Gasteiger partial charge >= 0.3 is 0 Å². The highest BCUT2D eigenvalue weighted by Gasteiger charge is 2.30. The summed E-state index contributed by atoms with van der Waals surface area (Å²) in [6, 6.07) is 0. The third kappa shape index (κ3) is 2.69. The summed E-state index contributed by atoms with van der Waals surface area (Å²) in [6.45, 7) is 7.20. The molecule has 1 fully saturated rings. The monoisotopic (exact) mass is 274 g/mol. The van der Waals surface area contributed by atoms with Gasteiger partial charge in [-0.25, -0.2) is 4.98 Å². The molecule has 108 valence electrons. The maximum Gasteiger partial charge on any atom is 0.155 e. The zero-order valence-corrected chi connectivity index (χ0v) is 12.1. The van der Waals surface area contributed by atoms with Crippen LogP contribution in [0.15, 0.2) is 24.8 Å². The minimum atomic E-state index is 0.397. The summed E-state index contributed by atoms with van der Waals surface area (Å²) in [7, 11) is 0. The van der Waals surface area contributed by atoms with Crippen LogP contribution in [0.2, 0.25) is 0 Å². The van der Waals surface area contributed by atoms with E-state index >= 15 is 0 Å². The Balaban J connectivity index is 1.57. The van der Waals surface area contributed by atoms with Gasteiger partial charge in [0.05, 0.1) is 24.2 Å². The van der Waals surface area contributed by atoms with Gasteiger partial charge in [0.15, 0.2) is 5.65 Å². The van der Waals surface area contributed by atoms with E-state index in [4.69, 9.17) is 4.74 Å². The molecule has 0 saturated carbocycles. The molecule has 0 bridgehead atoms. The van der Waals surface area contributed by atoms with E-state index in [1.807, 2.05) is 12.4 Å². The van der Waals surface area contributed by atoms with Crippen LogP contribution in [0.4, 0.5) is 0 Å². The lowest BCUT2D eigenvalue weighted by Crippen LogP contribution is -2.31. The van der Waals surface area contributed by atoms with Crippen LogP contribution < -0.4 is 5.32 Å². The highest BCUT2D eigenvalue weighted by molar-refractivity contribution is 5.36. The van der Waals surface area contributed by atoms with Crippen molar-refractivity contribution in [1.29, 1.82) is 0 Å². The number of nitrogens with one attached hydrogen (secondary N) is 1. The Hall–Kier alpha value is -1.46. The van der Waals surface area contributed by atoms with Crippen LogP contribution in [-0.2, 0) is 11.3 Å². The third-order valence-electron chi connectivity index (χ3n) is 4.03. The van der Waals surface area contributed by atoms with Crippen LogP contribution in [0.5, 0.6) is 0 Å². The topological polar surface area (TPSA) is 51.5 Å². The Morgan fingerprint density at radius 3 is 3.20 bits per heavy atom. The number of ether oxygens (including phenoxy) is 1. The molecular weight excluding hydrogens is 252 g/mol. The van der Waals surface area contributed by atoms with Crippen LogP contribution in [-0.4, -0.2) is 33.6 Å². The zero-order valence-electron chi connectivity index (χ0n) is 12.1. The molecule has 1 aliphatic heterocycles. The van der Waals surface area contributed by atoms with Crippen LogP contribution in [0.3, 0.4) is 0 Å². The summed E-state index contributed by atoms with van der Waals surface area (Å²) in [5.41, 5.74) is 2.07. The van der Waals surface area contributed by atoms with E-state index in [-0.39, 0.29) is 0 Å². The summed E-state index contributed by atoms with van der Waals surface area (Å²) in [5.74, 6) is 1.21. The highest BCUT2D eigenvalue weighted by Crippen LogP contribution is 2.26. The minimum absolute atomic E-state index is 0.397. The molecule has 0 unspecified atom stereocenters. The lowest BCUT2D eigenvalue weighted by Gasteiger charge is -2.22. The first-order valence-electron chi connectivity index (χ1n) is 7.34. The first-order chi connectivity index (χ1) is 9.75. The van der Waals surface area contributed by atoms with E-state index in [0.717, 1.165) is 31.8 Å². The lowest BCUT2D eigenvalue weighted by atomic mass is 9.93. The van der Waals surface area contributed by atoms with Crippen molar-refractivity contribution >= 4 is 5.65 Å². The maximum absolute atomic E-state index is 5.82. The van der Waals surface area contributed by atoms with Crippen molar-refractivity contribution in [2.45, 2.75) is 32.9 Å². The van der Waals surface area contributed by atoms with Gasteiger partial charge in [-0.2, -0.15) is 0 Å². The van der Waals surface area contributed by atoms with Crippen molar-refractivity contribution in [3.05, 3.63) is 30.5 Å². The Labute approximate surface area is 119 Å². The fourth-order valence-electron chi connectivity index (χ4n) is 3.02. The summed E-state index contributed by atoms with van der Waals surface area (Å²) in [4.78, 5) is 8.43. The second-order valence-electron chi connectivity index (χ2n) is 5.81. The van der Waals surface area contributed by atoms with Gasteiger partial charge in [0.2, 0.25) is 0 Å². The molecule has 20 heavy (non-hydrogen) atoms. The van der Waals surface area contributed by atoms with Crippen molar-refractivity contribution in [2.24, 2.45) is 11.8 Å². The molecule has 3 rings (SSSR count). The Morgan fingerprint density at radius 1 is 1.45 bits per heavy atom. The predicted molar refractivity (Wildman–Crippen MR) is 77.4 cm³/mol. The van der Waals surface area contributed by atoms with E-state index in [9.17, 15) is 0 Å². The second-order valence-corrected chi connectivity index (χ2v) is 5.81. The SMILES string of the molecule is CC(C)[C@H]1OCC[C@@H]1CNCc1cnc2cnccn12. The molecule has 5 nitrogen and oxygen atoms in total. The molecule has 0 amide bonds. The molecule has 0 aromatic carbocycles. The largest absolute Gasteiger partial charge is 0.378 e. The van der Waals surface area contributed by atoms with Crippen molar-refractivity contribution in [3.8, 4) is 0 Å². The van der Waals surface area contributed by atoms with Crippen LogP contribution >= 0.6 is 0 Å². The Kier molecular flexibility index (Phi) is 3.98. The summed E-state index contributed by atoms with van der Waals surface area (Å²) in [6.07, 6.45) is 8.99. The molecule has 2 aromatic heterocycles. The first-order valence-corrected chi connectivity index (χ1v) is 7.34. The van der Waals surface area contributed by atoms with Crippen molar-refractivity contribution in [2.75, 3.05) is 13.2 Å². The normalized spacial score (nSPS) is 22.9. The van der Waals surface area contributed by atoms with Gasteiger partial charge in [0.1, 0.15) is 0 Å². The van der Waals surface area contributed by atoms with E-state index in [2.05, 4.69) is 33.5 Å². The summed E-state index contributed by atoms with van der Waals surface area (Å²) >= 11 is 0. The number of hydrogen-bond acceptors (Lipinski definition) is 4. The lowest BCUT2D eigenvalue weighted by molar-refractivity contribution is 0.0539. The number of nitrogens with zero attached hydrogens (tertiary/aromatic N) is 3. The van der Waals surface area contributed by atoms with Crippen molar-refractivity contribution in [3.63, 3.8) is 0 Å². The van der Waals surface area contributed by atoms with Gasteiger partial charge in [-0.05, 0) is 18.3 Å². The van der Waals surface area contributed by atoms with Gasteiger partial charge in [-0.3, -0.25) is 9.38 Å². The quantitative estimate of drug-likeness (QED) is 0.904. The van der Waals surface area contributed by atoms with Crippen molar-refractivity contribution < 1.29 is 4.74 Å². The fourth-order valence-corrected chi connectivity index (χ4v) is 3.02. The molecule has 3 heterocycles. The average Bonchev–Trinajstić information content (AvgIpc) is 3.06. The highest BCUT2D eigenvalue weighted by atomic mass is 16.5. The number of hydrogen-bond donors (Lipinski definition) is 1. The molecule has 0 spiro atoms. The minimum Gasteiger partial charge on any atom is -0.378 e. The van der Waals surface area contributed by atoms with Gasteiger partial charge in [-0.15, -0.1) is 0 Å². The average molecular weight is 274 g/mol. The van der Waals surface area contributed by atoms with Gasteiger partial charge in [-0.1, -0.05) is 13.8 Å². The molecular formula is C15H22N4O. The van der Waals surface area contributed by atoms with E-state index < -0.39 is 0 Å². The van der Waals surface area contributed by atoms with E-state index in [1.165, 1.54) is 5.69 Å². The van der Waals surface area contributed by atoms with Crippen LogP contribution in [0.1, 0.15) is 26.0 Å². The van der Waals surface area contributed by atoms with E-state index in [1.54, 1.807) is 12.4 Å². The maximum atomic E-state index is 5.82. The Bertz CT molecular complexity index is 566. The van der Waals surface area contributed by atoms with E-state index in [0.29, 0.717) is 17.9 Å². The molecule has 2 atom stereocenters. The van der Waals surface area contributed by atoms with Gasteiger partial charge in [0, 0.05) is 32.1 Å². The summed E-state index contributed by atoms with van der Waals surface area (Å²) < 4.78 is 7.89. The van der Waals surface area contributed by atoms with Crippen LogP contribution in [0, 0.1) is 11.8 Å². The van der Waals surface area contributed by atoms with Crippen molar-refractivity contribution in [1.82, 2.24) is 19.7 Å². The molecule has 1 saturated heterocycles. The molecule has 2 aromatic rings. The molecule has 5 heteroatoms. The molecule has 0 radical (unpaired) electrons. The van der Waals surface area contributed by atoms with Gasteiger partial charge < -0.3 is 10.1 Å². The number of fused-ring (bicyclic) bond motifs is 1. The number of imidazole rings is 1. The standard InChI is InChI=1S/C15H22N4O/c1-11(2)15-12(3-6-20-15)7-17-8-13-9-18-14-10-16-4-5-19(13)14/h4-5,9-12,15,17H,3,6-8H2,1-2H3/t12-,15-/m1/s1. The molecule has 1 N–H and O–H groups in total. The molecule has 0 aliphatic carbocycles. The second kappa shape index (κ2) is 5.89. The van der Waals surface area contributed by atoms with Gasteiger partial charge in [0.25, 0.3) is 0 Å². The fraction of sp³-hybridized carbons (Fsp3) is 0.600.